The summed E-state index contributed by atoms with van der Waals surface area (Å²) in [5, 5.41) is 2.64. The van der Waals surface area contributed by atoms with Gasteiger partial charge in [-0.05, 0) is 22.8 Å². The fourth-order valence-electron chi connectivity index (χ4n) is 3.20. The number of piperazine rings is 1. The van der Waals surface area contributed by atoms with Gasteiger partial charge >= 0.3 is 0 Å². The van der Waals surface area contributed by atoms with E-state index in [4.69, 9.17) is 0 Å². The second-order valence-electron chi connectivity index (χ2n) is 6.05. The monoisotopic (exact) mass is 296 g/mol. The number of carbonyl (C=O) groups excluding carboxylic acids is 1. The molecule has 3 heteroatoms. The van der Waals surface area contributed by atoms with Crippen LogP contribution in [0.3, 0.4) is 0 Å². The summed E-state index contributed by atoms with van der Waals surface area (Å²) in [4.78, 5) is 16.4. The van der Waals surface area contributed by atoms with Gasteiger partial charge < -0.3 is 4.90 Å². The molecule has 0 spiro atoms. The maximum Gasteiger partial charge on any atom is 0.222 e. The molecule has 0 atom stereocenters. The quantitative estimate of drug-likeness (QED) is 0.864. The molecule has 0 aromatic heterocycles. The van der Waals surface area contributed by atoms with Gasteiger partial charge in [-0.2, -0.15) is 0 Å². The Labute approximate surface area is 132 Å². The molecule has 3 rings (SSSR count). The van der Waals surface area contributed by atoms with E-state index >= 15 is 0 Å². The Hall–Kier alpha value is -1.87. The highest BCUT2D eigenvalue weighted by Gasteiger charge is 2.20. The number of hydrogen-bond donors (Lipinski definition) is 0. The van der Waals surface area contributed by atoms with E-state index < -0.39 is 0 Å². The van der Waals surface area contributed by atoms with E-state index in [9.17, 15) is 4.79 Å². The third-order valence-electron chi connectivity index (χ3n) is 4.46. The zero-order valence-electron chi connectivity index (χ0n) is 13.3. The maximum atomic E-state index is 11.9. The average Bonchev–Trinajstić information content (AvgIpc) is 2.56. The lowest BCUT2D eigenvalue weighted by molar-refractivity contribution is -0.133. The van der Waals surface area contributed by atoms with Crippen molar-refractivity contribution in [3.05, 3.63) is 48.0 Å². The third-order valence-corrected chi connectivity index (χ3v) is 4.46. The van der Waals surface area contributed by atoms with Crippen molar-refractivity contribution in [3.63, 3.8) is 0 Å². The van der Waals surface area contributed by atoms with E-state index in [1.54, 1.807) is 0 Å². The van der Waals surface area contributed by atoms with Crippen LogP contribution in [-0.4, -0.2) is 41.9 Å². The summed E-state index contributed by atoms with van der Waals surface area (Å²) in [5.74, 6) is 0.312. The van der Waals surface area contributed by atoms with Gasteiger partial charge in [-0.15, -0.1) is 0 Å². The van der Waals surface area contributed by atoms with Gasteiger partial charge in [-0.1, -0.05) is 49.4 Å². The van der Waals surface area contributed by atoms with Crippen molar-refractivity contribution in [2.45, 2.75) is 26.3 Å². The predicted molar refractivity (Wildman–Crippen MR) is 90.7 cm³/mol. The molecule has 0 bridgehead atoms. The SMILES string of the molecule is CCCC(=O)N1CCN(Cc2cccc3ccccc23)CC1. The van der Waals surface area contributed by atoms with E-state index in [1.165, 1.54) is 16.3 Å². The van der Waals surface area contributed by atoms with E-state index in [0.29, 0.717) is 12.3 Å². The van der Waals surface area contributed by atoms with Crippen LogP contribution in [-0.2, 0) is 11.3 Å². The molecular formula is C19H24N2O. The second-order valence-corrected chi connectivity index (χ2v) is 6.05. The van der Waals surface area contributed by atoms with E-state index in [-0.39, 0.29) is 0 Å². The number of hydrogen-bond acceptors (Lipinski definition) is 2. The first-order chi connectivity index (χ1) is 10.8. The molecule has 2 aromatic carbocycles. The van der Waals surface area contributed by atoms with Crippen molar-refractivity contribution in [2.75, 3.05) is 26.2 Å². The number of benzene rings is 2. The summed E-state index contributed by atoms with van der Waals surface area (Å²) in [5.41, 5.74) is 1.38. The van der Waals surface area contributed by atoms with Gasteiger partial charge in [0.1, 0.15) is 0 Å². The van der Waals surface area contributed by atoms with Crippen molar-refractivity contribution in [1.29, 1.82) is 0 Å². The Morgan fingerprint density at radius 2 is 1.73 bits per heavy atom. The molecule has 0 N–H and O–H groups in total. The topological polar surface area (TPSA) is 23.6 Å². The van der Waals surface area contributed by atoms with Crippen molar-refractivity contribution < 1.29 is 4.79 Å². The van der Waals surface area contributed by atoms with Crippen LogP contribution in [0.15, 0.2) is 42.5 Å². The van der Waals surface area contributed by atoms with E-state index in [2.05, 4.69) is 54.3 Å². The summed E-state index contributed by atoms with van der Waals surface area (Å²) >= 11 is 0. The summed E-state index contributed by atoms with van der Waals surface area (Å²) in [6.07, 6.45) is 1.62. The largest absolute Gasteiger partial charge is 0.340 e. The molecule has 1 fully saturated rings. The lowest BCUT2D eigenvalue weighted by Gasteiger charge is -2.35. The number of fused-ring (bicyclic) bond motifs is 1. The number of nitrogens with zero attached hydrogens (tertiary/aromatic N) is 2. The van der Waals surface area contributed by atoms with Crippen LogP contribution in [0.2, 0.25) is 0 Å². The highest BCUT2D eigenvalue weighted by Crippen LogP contribution is 2.20. The minimum Gasteiger partial charge on any atom is -0.340 e. The highest BCUT2D eigenvalue weighted by atomic mass is 16.2. The van der Waals surface area contributed by atoms with Gasteiger partial charge in [0, 0.05) is 39.1 Å². The molecule has 0 aliphatic carbocycles. The van der Waals surface area contributed by atoms with E-state index in [1.807, 2.05) is 4.90 Å². The van der Waals surface area contributed by atoms with Crippen LogP contribution in [0, 0.1) is 0 Å². The minimum absolute atomic E-state index is 0.312. The van der Waals surface area contributed by atoms with Crippen LogP contribution in [0.1, 0.15) is 25.3 Å². The Morgan fingerprint density at radius 3 is 2.50 bits per heavy atom. The molecule has 22 heavy (non-hydrogen) atoms. The van der Waals surface area contributed by atoms with Gasteiger partial charge in [0.05, 0.1) is 0 Å². The average molecular weight is 296 g/mol. The van der Waals surface area contributed by atoms with Crippen LogP contribution in [0.5, 0.6) is 0 Å². The molecule has 1 aliphatic heterocycles. The maximum absolute atomic E-state index is 11.9. The standard InChI is InChI=1S/C19H24N2O/c1-2-6-19(22)21-13-11-20(12-14-21)15-17-9-5-8-16-7-3-4-10-18(16)17/h3-5,7-10H,2,6,11-15H2,1H3. The smallest absolute Gasteiger partial charge is 0.222 e. The first-order valence-corrected chi connectivity index (χ1v) is 8.24. The molecule has 1 aliphatic rings. The minimum atomic E-state index is 0.312. The normalized spacial score (nSPS) is 16.1. The Kier molecular flexibility index (Phi) is 4.74. The van der Waals surface area contributed by atoms with Crippen LogP contribution in [0.4, 0.5) is 0 Å². The van der Waals surface area contributed by atoms with Crippen molar-refractivity contribution in [3.8, 4) is 0 Å². The second kappa shape index (κ2) is 6.93. The molecular weight excluding hydrogens is 272 g/mol. The van der Waals surface area contributed by atoms with Crippen molar-refractivity contribution in [1.82, 2.24) is 9.80 Å². The van der Waals surface area contributed by atoms with E-state index in [0.717, 1.165) is 39.1 Å². The number of rotatable bonds is 4. The lowest BCUT2D eigenvalue weighted by Crippen LogP contribution is -2.48. The molecule has 1 saturated heterocycles. The third kappa shape index (κ3) is 3.30. The van der Waals surface area contributed by atoms with Crippen LogP contribution in [0.25, 0.3) is 10.8 Å². The molecule has 2 aromatic rings. The summed E-state index contributed by atoms with van der Waals surface area (Å²) in [7, 11) is 0. The summed E-state index contributed by atoms with van der Waals surface area (Å²) in [6.45, 7) is 6.70. The van der Waals surface area contributed by atoms with Crippen LogP contribution < -0.4 is 0 Å². The van der Waals surface area contributed by atoms with Crippen LogP contribution >= 0.6 is 0 Å². The summed E-state index contributed by atoms with van der Waals surface area (Å²) < 4.78 is 0. The molecule has 1 heterocycles. The number of amides is 1. The van der Waals surface area contributed by atoms with Gasteiger partial charge in [-0.3, -0.25) is 9.69 Å². The fourth-order valence-corrected chi connectivity index (χ4v) is 3.20. The van der Waals surface area contributed by atoms with Gasteiger partial charge in [0.25, 0.3) is 0 Å². The lowest BCUT2D eigenvalue weighted by atomic mass is 10.0. The zero-order valence-corrected chi connectivity index (χ0v) is 13.3. The molecule has 116 valence electrons. The summed E-state index contributed by atoms with van der Waals surface area (Å²) in [6, 6.07) is 15.1. The Bertz CT molecular complexity index is 639. The molecule has 0 saturated carbocycles. The van der Waals surface area contributed by atoms with Gasteiger partial charge in [-0.25, -0.2) is 0 Å². The van der Waals surface area contributed by atoms with Crippen molar-refractivity contribution >= 4 is 16.7 Å². The zero-order chi connectivity index (χ0) is 15.4. The van der Waals surface area contributed by atoms with Gasteiger partial charge in [0.15, 0.2) is 0 Å². The molecule has 3 nitrogen and oxygen atoms in total. The molecule has 1 amide bonds. The van der Waals surface area contributed by atoms with Gasteiger partial charge in [0.2, 0.25) is 5.91 Å². The number of carbonyl (C=O) groups is 1. The fraction of sp³-hybridized carbons (Fsp3) is 0.421. The Balaban J connectivity index is 1.64. The Morgan fingerprint density at radius 1 is 1.00 bits per heavy atom. The first kappa shape index (κ1) is 15.0. The predicted octanol–water partition coefficient (Wildman–Crippen LogP) is 3.28. The highest BCUT2D eigenvalue weighted by molar-refractivity contribution is 5.85. The van der Waals surface area contributed by atoms with Crippen molar-refractivity contribution in [2.24, 2.45) is 0 Å². The molecule has 0 radical (unpaired) electrons. The molecule has 0 unspecified atom stereocenters. The first-order valence-electron chi connectivity index (χ1n) is 8.24.